The van der Waals surface area contributed by atoms with Crippen LogP contribution in [0.15, 0.2) is 65.8 Å². The lowest BCUT2D eigenvalue weighted by Gasteiger charge is -2.14. The highest BCUT2D eigenvalue weighted by atomic mass is 32.2. The predicted octanol–water partition coefficient (Wildman–Crippen LogP) is 3.92. The second kappa shape index (κ2) is 8.67. The first-order valence-corrected chi connectivity index (χ1v) is 9.50. The van der Waals surface area contributed by atoms with Crippen molar-refractivity contribution in [3.05, 3.63) is 72.1 Å². The summed E-state index contributed by atoms with van der Waals surface area (Å²) in [6.45, 7) is 2.00. The van der Waals surface area contributed by atoms with Gasteiger partial charge < -0.3 is 9.88 Å². The normalized spacial score (nSPS) is 11.9. The number of hydrogen-bond acceptors (Lipinski definition) is 4. The number of thioether (sulfide) groups is 1. The van der Waals surface area contributed by atoms with E-state index < -0.39 is 0 Å². The van der Waals surface area contributed by atoms with E-state index >= 15 is 0 Å². The lowest BCUT2D eigenvalue weighted by molar-refractivity contribution is -0.115. The molecule has 0 fully saturated rings. The molecule has 0 aliphatic carbocycles. The first-order chi connectivity index (χ1) is 12.7. The van der Waals surface area contributed by atoms with Gasteiger partial charge in [-0.15, -0.1) is 10.2 Å². The zero-order valence-electron chi connectivity index (χ0n) is 14.9. The first kappa shape index (κ1) is 18.2. The number of anilines is 1. The molecule has 1 atom stereocenters. The molecule has 1 aromatic heterocycles. The number of nitrogens with one attached hydrogen (secondary N) is 1. The van der Waals surface area contributed by atoms with Gasteiger partial charge in [-0.1, -0.05) is 67.2 Å². The summed E-state index contributed by atoms with van der Waals surface area (Å²) in [6.07, 6.45) is 1.43. The van der Waals surface area contributed by atoms with Crippen molar-refractivity contribution in [3.63, 3.8) is 0 Å². The monoisotopic (exact) mass is 366 g/mol. The van der Waals surface area contributed by atoms with Gasteiger partial charge in [0.05, 0.1) is 5.25 Å². The number of nitrogens with zero attached hydrogens (tertiary/aromatic N) is 3. The standard InChI is InChI=1S/C20H22N4OS/c1-3-17(19(25)21-16-12-8-5-9-13-16)26-20-23-22-18(24(20)2)14-15-10-6-4-7-11-15/h4-13,17H,3,14H2,1-2H3,(H,21,25)/t17-/m1/s1. The van der Waals surface area contributed by atoms with Gasteiger partial charge in [0.1, 0.15) is 5.82 Å². The largest absolute Gasteiger partial charge is 0.325 e. The lowest BCUT2D eigenvalue weighted by atomic mass is 10.1. The molecule has 1 amide bonds. The molecule has 3 aromatic rings. The van der Waals surface area contributed by atoms with E-state index in [0.717, 1.165) is 23.1 Å². The zero-order chi connectivity index (χ0) is 18.4. The average molecular weight is 366 g/mol. The first-order valence-electron chi connectivity index (χ1n) is 8.62. The van der Waals surface area contributed by atoms with Gasteiger partial charge in [-0.2, -0.15) is 0 Å². The van der Waals surface area contributed by atoms with Crippen LogP contribution in [-0.4, -0.2) is 25.9 Å². The van der Waals surface area contributed by atoms with E-state index in [-0.39, 0.29) is 11.2 Å². The van der Waals surface area contributed by atoms with Crippen LogP contribution >= 0.6 is 11.8 Å². The van der Waals surface area contributed by atoms with Gasteiger partial charge >= 0.3 is 0 Å². The molecule has 6 heteroatoms. The maximum Gasteiger partial charge on any atom is 0.237 e. The van der Waals surface area contributed by atoms with Crippen molar-refractivity contribution in [3.8, 4) is 0 Å². The number of aromatic nitrogens is 3. The van der Waals surface area contributed by atoms with Crippen LogP contribution in [-0.2, 0) is 18.3 Å². The second-order valence-electron chi connectivity index (χ2n) is 5.99. The number of benzene rings is 2. The Morgan fingerprint density at radius 3 is 2.38 bits per heavy atom. The molecule has 0 unspecified atom stereocenters. The van der Waals surface area contributed by atoms with E-state index in [4.69, 9.17) is 0 Å². The maximum atomic E-state index is 12.6. The molecule has 0 saturated heterocycles. The van der Waals surface area contributed by atoms with Crippen LogP contribution in [0.25, 0.3) is 0 Å². The number of carbonyl (C=O) groups is 1. The van der Waals surface area contributed by atoms with E-state index in [1.54, 1.807) is 0 Å². The minimum atomic E-state index is -0.220. The highest BCUT2D eigenvalue weighted by Gasteiger charge is 2.21. The SMILES string of the molecule is CC[C@@H](Sc1nnc(Cc2ccccc2)n1C)C(=O)Nc1ccccc1. The Morgan fingerprint density at radius 2 is 1.73 bits per heavy atom. The van der Waals surface area contributed by atoms with E-state index in [1.807, 2.05) is 67.1 Å². The van der Waals surface area contributed by atoms with Gasteiger partial charge in [-0.05, 0) is 24.1 Å². The number of rotatable bonds is 7. The van der Waals surface area contributed by atoms with Crippen molar-refractivity contribution in [2.45, 2.75) is 30.2 Å². The fraction of sp³-hybridized carbons (Fsp3) is 0.250. The van der Waals surface area contributed by atoms with Crippen LogP contribution in [0.5, 0.6) is 0 Å². The molecule has 3 rings (SSSR count). The van der Waals surface area contributed by atoms with E-state index in [2.05, 4.69) is 27.6 Å². The smallest absolute Gasteiger partial charge is 0.237 e. The molecule has 1 heterocycles. The topological polar surface area (TPSA) is 59.8 Å². The van der Waals surface area contributed by atoms with Crippen LogP contribution in [0.3, 0.4) is 0 Å². The van der Waals surface area contributed by atoms with Gasteiger partial charge in [0, 0.05) is 19.2 Å². The molecule has 0 radical (unpaired) electrons. The number of hydrogen-bond donors (Lipinski definition) is 1. The summed E-state index contributed by atoms with van der Waals surface area (Å²) in [5, 5.41) is 12.1. The summed E-state index contributed by atoms with van der Waals surface area (Å²) in [5.74, 6) is 0.869. The van der Waals surface area contributed by atoms with Crippen LogP contribution in [0.1, 0.15) is 24.7 Å². The molecule has 26 heavy (non-hydrogen) atoms. The van der Waals surface area contributed by atoms with Crippen LogP contribution in [0, 0.1) is 0 Å². The Labute approximate surface area is 157 Å². The summed E-state index contributed by atoms with van der Waals surface area (Å²) in [7, 11) is 1.95. The Morgan fingerprint density at radius 1 is 1.08 bits per heavy atom. The van der Waals surface area contributed by atoms with Crippen LogP contribution in [0.2, 0.25) is 0 Å². The molecular weight excluding hydrogens is 344 g/mol. The van der Waals surface area contributed by atoms with E-state index in [1.165, 1.54) is 17.3 Å². The maximum absolute atomic E-state index is 12.6. The summed E-state index contributed by atoms with van der Waals surface area (Å²) >= 11 is 1.45. The van der Waals surface area contributed by atoms with Crippen LogP contribution in [0.4, 0.5) is 5.69 Å². The third kappa shape index (κ3) is 4.52. The molecule has 1 N–H and O–H groups in total. The summed E-state index contributed by atoms with van der Waals surface area (Å²) in [6, 6.07) is 19.7. The fourth-order valence-electron chi connectivity index (χ4n) is 2.57. The third-order valence-electron chi connectivity index (χ3n) is 4.08. The number of para-hydroxylation sites is 1. The molecule has 0 saturated carbocycles. The zero-order valence-corrected chi connectivity index (χ0v) is 15.7. The molecule has 0 aliphatic rings. The Bertz CT molecular complexity index is 849. The van der Waals surface area contributed by atoms with E-state index in [9.17, 15) is 4.79 Å². The average Bonchev–Trinajstić information content (AvgIpc) is 3.01. The second-order valence-corrected chi connectivity index (χ2v) is 7.16. The van der Waals surface area contributed by atoms with Gasteiger partial charge in [-0.25, -0.2) is 0 Å². The highest BCUT2D eigenvalue weighted by molar-refractivity contribution is 8.00. The molecule has 5 nitrogen and oxygen atoms in total. The molecule has 2 aromatic carbocycles. The van der Waals surface area contributed by atoms with E-state index in [0.29, 0.717) is 6.42 Å². The Balaban J connectivity index is 1.68. The molecular formula is C20H22N4OS. The van der Waals surface area contributed by atoms with Crippen molar-refractivity contribution in [2.24, 2.45) is 7.05 Å². The van der Waals surface area contributed by atoms with Crippen molar-refractivity contribution < 1.29 is 4.79 Å². The third-order valence-corrected chi connectivity index (χ3v) is 5.48. The fourth-order valence-corrected chi connectivity index (χ4v) is 3.51. The number of carbonyl (C=O) groups excluding carboxylic acids is 1. The van der Waals surface area contributed by atoms with Crippen molar-refractivity contribution in [1.29, 1.82) is 0 Å². The summed E-state index contributed by atoms with van der Waals surface area (Å²) in [4.78, 5) is 12.6. The minimum absolute atomic E-state index is 0.0173. The van der Waals surface area contributed by atoms with Gasteiger partial charge in [0.2, 0.25) is 5.91 Å². The summed E-state index contributed by atoms with van der Waals surface area (Å²) in [5.41, 5.74) is 1.99. The minimum Gasteiger partial charge on any atom is -0.325 e. The molecule has 134 valence electrons. The van der Waals surface area contributed by atoms with Crippen molar-refractivity contribution >= 4 is 23.4 Å². The highest BCUT2D eigenvalue weighted by Crippen LogP contribution is 2.25. The van der Waals surface area contributed by atoms with Gasteiger partial charge in [0.25, 0.3) is 0 Å². The van der Waals surface area contributed by atoms with Gasteiger partial charge in [0.15, 0.2) is 5.16 Å². The molecule has 0 spiro atoms. The Hall–Kier alpha value is -2.60. The summed E-state index contributed by atoms with van der Waals surface area (Å²) < 4.78 is 1.97. The molecule has 0 aliphatic heterocycles. The molecule has 0 bridgehead atoms. The van der Waals surface area contributed by atoms with Crippen molar-refractivity contribution in [1.82, 2.24) is 14.8 Å². The predicted molar refractivity (Wildman–Crippen MR) is 105 cm³/mol. The van der Waals surface area contributed by atoms with Gasteiger partial charge in [-0.3, -0.25) is 4.79 Å². The van der Waals surface area contributed by atoms with Crippen molar-refractivity contribution in [2.75, 3.05) is 5.32 Å². The quantitative estimate of drug-likeness (QED) is 0.644. The Kier molecular flexibility index (Phi) is 6.07. The number of amides is 1. The van der Waals surface area contributed by atoms with Crippen LogP contribution < -0.4 is 5.32 Å². The lowest BCUT2D eigenvalue weighted by Crippen LogP contribution is -2.25.